The molecule has 1 fully saturated rings. The first-order valence-electron chi connectivity index (χ1n) is 12.2. The number of fused-ring (bicyclic) bond motifs is 2. The van der Waals surface area contributed by atoms with Gasteiger partial charge in [-0.15, -0.1) is 11.3 Å². The molecule has 196 valence electrons. The van der Waals surface area contributed by atoms with Crippen LogP contribution in [-0.4, -0.2) is 60.9 Å². The van der Waals surface area contributed by atoms with E-state index in [2.05, 4.69) is 49.0 Å². The van der Waals surface area contributed by atoms with Crippen LogP contribution in [0.1, 0.15) is 12.8 Å². The number of piperazine rings is 1. The molecule has 1 aliphatic rings. The van der Waals surface area contributed by atoms with Crippen LogP contribution in [0.3, 0.4) is 0 Å². The van der Waals surface area contributed by atoms with Gasteiger partial charge in [-0.1, -0.05) is 6.07 Å². The molecule has 0 saturated carbocycles. The molecule has 0 spiro atoms. The van der Waals surface area contributed by atoms with E-state index in [9.17, 15) is 9.46 Å². The van der Waals surface area contributed by atoms with E-state index in [1.54, 1.807) is 23.5 Å². The van der Waals surface area contributed by atoms with E-state index in [-0.39, 0.29) is 5.88 Å². The fourth-order valence-corrected chi connectivity index (χ4v) is 5.49. The molecule has 37 heavy (non-hydrogen) atoms. The number of nitrogens with zero attached hydrogens (tertiary/aromatic N) is 3. The summed E-state index contributed by atoms with van der Waals surface area (Å²) >= 11 is 1.80. The molecule has 0 bridgehead atoms. The van der Waals surface area contributed by atoms with Crippen LogP contribution in [-0.2, 0) is 9.09 Å². The normalized spacial score (nSPS) is 16.2. The molecule has 9 nitrogen and oxygen atoms in total. The summed E-state index contributed by atoms with van der Waals surface area (Å²) in [6, 6.07) is 17.8. The van der Waals surface area contributed by atoms with Crippen molar-refractivity contribution in [1.82, 2.24) is 9.88 Å². The number of anilines is 1. The highest BCUT2D eigenvalue weighted by atomic mass is 32.1. The molecule has 0 radical (unpaired) electrons. The van der Waals surface area contributed by atoms with Crippen LogP contribution in [0.25, 0.3) is 21.0 Å². The second-order valence-corrected chi connectivity index (χ2v) is 11.0. The molecule has 0 aliphatic carbocycles. The molecule has 11 heteroatoms. The van der Waals surface area contributed by atoms with Gasteiger partial charge < -0.3 is 24.2 Å². The van der Waals surface area contributed by atoms with Gasteiger partial charge >= 0.3 is 0 Å². The van der Waals surface area contributed by atoms with E-state index in [0.29, 0.717) is 17.9 Å². The Bertz CT molecular complexity index is 1390. The van der Waals surface area contributed by atoms with Gasteiger partial charge in [0, 0.05) is 59.5 Å². The number of hydrogen-bond acceptors (Lipinski definition) is 9. The molecular weight excluding hydrogens is 513 g/mol. The fraction of sp³-hybridized carbons (Fsp3) is 0.346. The number of hydrogen-bond donors (Lipinski definition) is 1. The Morgan fingerprint density at radius 3 is 2.70 bits per heavy atom. The monoisotopic (exact) mass is 542 g/mol. The Morgan fingerprint density at radius 2 is 1.86 bits per heavy atom. The number of phosphoric ester groups is 1. The number of aromatic nitrogens is 1. The second-order valence-electron chi connectivity index (χ2n) is 8.86. The Morgan fingerprint density at radius 1 is 1.03 bits per heavy atom. The zero-order valence-electron chi connectivity index (χ0n) is 20.3. The van der Waals surface area contributed by atoms with Crippen molar-refractivity contribution >= 4 is 45.8 Å². The minimum Gasteiger partial charge on any atom is -0.756 e. The van der Waals surface area contributed by atoms with Crippen molar-refractivity contribution in [2.45, 2.75) is 12.8 Å². The second kappa shape index (κ2) is 11.8. The van der Waals surface area contributed by atoms with Crippen molar-refractivity contribution in [2.75, 3.05) is 51.0 Å². The molecule has 2 aromatic carbocycles. The first-order valence-corrected chi connectivity index (χ1v) is 14.6. The number of unbranched alkanes of at least 4 members (excludes halogenated alkanes) is 1. The molecule has 1 N–H and O–H groups in total. The van der Waals surface area contributed by atoms with Crippen molar-refractivity contribution < 1.29 is 28.3 Å². The molecule has 4 aromatic rings. The van der Waals surface area contributed by atoms with E-state index in [1.807, 2.05) is 18.2 Å². The van der Waals surface area contributed by atoms with Crippen molar-refractivity contribution in [1.29, 1.82) is 0 Å². The lowest BCUT2D eigenvalue weighted by Crippen LogP contribution is -2.46. The molecule has 3 heterocycles. The minimum atomic E-state index is -4.84. The Balaban J connectivity index is 1.04. The van der Waals surface area contributed by atoms with Crippen LogP contribution in [0.15, 0.2) is 60.0 Å². The van der Waals surface area contributed by atoms with Gasteiger partial charge in [-0.05, 0) is 61.2 Å². The van der Waals surface area contributed by atoms with Crippen LogP contribution in [0.2, 0.25) is 0 Å². The van der Waals surface area contributed by atoms with Crippen LogP contribution >= 0.6 is 19.2 Å². The topological polar surface area (TPSA) is 107 Å². The highest BCUT2D eigenvalue weighted by Crippen LogP contribution is 2.31. The summed E-state index contributed by atoms with van der Waals surface area (Å²) in [6.07, 6.45) is 2.02. The van der Waals surface area contributed by atoms with Gasteiger partial charge in [0.05, 0.1) is 12.1 Å². The standard InChI is InChI=1S/C26H30N3O6PS/c30-36(31,32)35-19-34-26-9-7-20-6-8-21(18-23(20)27-26)33-16-2-1-11-28-12-14-29(15-13-28)24-4-3-5-25-22(24)10-17-37-25/h3-10,17-18H,1-2,11-16,19H2,(H2,30,31,32)/p-1. The Labute approximate surface area is 219 Å². The van der Waals surface area contributed by atoms with Crippen LogP contribution < -0.4 is 19.3 Å². The predicted octanol–water partition coefficient (Wildman–Crippen LogP) is 4.24. The molecule has 2 aromatic heterocycles. The highest BCUT2D eigenvalue weighted by Gasteiger charge is 2.18. The van der Waals surface area contributed by atoms with Crippen LogP contribution in [0.4, 0.5) is 5.69 Å². The Kier molecular flexibility index (Phi) is 8.24. The minimum absolute atomic E-state index is 0.185. The number of benzene rings is 2. The fourth-order valence-electron chi connectivity index (χ4n) is 4.50. The van der Waals surface area contributed by atoms with Crippen molar-refractivity contribution in [3.8, 4) is 11.6 Å². The SMILES string of the molecule is O=P([O-])(O)OCOc1ccc2ccc(OCCCCN3CCN(c4cccc5sccc45)CC3)cc2n1. The lowest BCUT2D eigenvalue weighted by molar-refractivity contribution is -0.224. The molecular formula is C26H29N3O6PS-. The van der Waals surface area contributed by atoms with Crippen molar-refractivity contribution in [2.24, 2.45) is 0 Å². The van der Waals surface area contributed by atoms with E-state index in [0.717, 1.165) is 51.0 Å². The first-order chi connectivity index (χ1) is 17.9. The summed E-state index contributed by atoms with van der Waals surface area (Å²) in [5.74, 6) is 0.897. The van der Waals surface area contributed by atoms with Gasteiger partial charge in [0.2, 0.25) is 5.88 Å². The summed E-state index contributed by atoms with van der Waals surface area (Å²) in [7, 11) is -4.84. The summed E-state index contributed by atoms with van der Waals surface area (Å²) < 4.78 is 27.3. The quantitative estimate of drug-likeness (QED) is 0.169. The van der Waals surface area contributed by atoms with E-state index < -0.39 is 14.6 Å². The average molecular weight is 543 g/mol. The zero-order valence-corrected chi connectivity index (χ0v) is 22.0. The smallest absolute Gasteiger partial charge is 0.268 e. The van der Waals surface area contributed by atoms with E-state index in [4.69, 9.17) is 14.4 Å². The number of phosphoric acid groups is 1. The van der Waals surface area contributed by atoms with Crippen LogP contribution in [0.5, 0.6) is 11.6 Å². The third-order valence-electron chi connectivity index (χ3n) is 6.38. The molecule has 1 saturated heterocycles. The maximum Gasteiger partial charge on any atom is 0.268 e. The van der Waals surface area contributed by atoms with Gasteiger partial charge in [-0.3, -0.25) is 14.0 Å². The van der Waals surface area contributed by atoms with Gasteiger partial charge in [0.1, 0.15) is 5.75 Å². The Hall–Kier alpha value is -2.72. The average Bonchev–Trinajstić information content (AvgIpc) is 3.37. The molecule has 1 atom stereocenters. The molecule has 5 rings (SSSR count). The summed E-state index contributed by atoms with van der Waals surface area (Å²) in [4.78, 5) is 28.6. The van der Waals surface area contributed by atoms with E-state index in [1.165, 1.54) is 15.8 Å². The van der Waals surface area contributed by atoms with Crippen LogP contribution in [0, 0.1) is 0 Å². The maximum atomic E-state index is 10.7. The zero-order chi connectivity index (χ0) is 25.7. The largest absolute Gasteiger partial charge is 0.756 e. The third-order valence-corrected chi connectivity index (χ3v) is 7.70. The number of thiophene rings is 1. The summed E-state index contributed by atoms with van der Waals surface area (Å²) in [5, 5.41) is 4.42. The number of pyridine rings is 1. The van der Waals surface area contributed by atoms with Crippen molar-refractivity contribution in [3.63, 3.8) is 0 Å². The summed E-state index contributed by atoms with van der Waals surface area (Å²) in [5.41, 5.74) is 2.00. The highest BCUT2D eigenvalue weighted by molar-refractivity contribution is 7.44. The van der Waals surface area contributed by atoms with Gasteiger partial charge in [-0.2, -0.15) is 0 Å². The lowest BCUT2D eigenvalue weighted by atomic mass is 10.2. The molecule has 1 aliphatic heterocycles. The molecule has 1 unspecified atom stereocenters. The van der Waals surface area contributed by atoms with E-state index >= 15 is 0 Å². The first kappa shape index (κ1) is 25.9. The predicted molar refractivity (Wildman–Crippen MR) is 143 cm³/mol. The van der Waals surface area contributed by atoms with Gasteiger partial charge in [0.15, 0.2) is 6.79 Å². The number of rotatable bonds is 11. The van der Waals surface area contributed by atoms with Gasteiger partial charge in [0.25, 0.3) is 7.82 Å². The summed E-state index contributed by atoms with van der Waals surface area (Å²) in [6.45, 7) is 5.26. The third kappa shape index (κ3) is 6.98. The lowest BCUT2D eigenvalue weighted by Gasteiger charge is -2.36. The van der Waals surface area contributed by atoms with Crippen molar-refractivity contribution in [3.05, 3.63) is 60.0 Å². The molecule has 0 amide bonds. The van der Waals surface area contributed by atoms with Gasteiger partial charge in [-0.25, -0.2) is 4.98 Å². The maximum absolute atomic E-state index is 10.7. The number of ether oxygens (including phenoxy) is 2.